The zero-order valence-corrected chi connectivity index (χ0v) is 15.9. The smallest absolute Gasteiger partial charge is 0.315 e. The minimum absolute atomic E-state index is 0.00503. The first-order valence-corrected chi connectivity index (χ1v) is 8.77. The van der Waals surface area contributed by atoms with Crippen LogP contribution in [-0.4, -0.2) is 23.4 Å². The average molecular weight is 419 g/mol. The molecule has 0 fully saturated rings. The molecule has 0 amide bonds. The van der Waals surface area contributed by atoms with E-state index in [1.165, 1.54) is 25.7 Å². The number of rotatable bonds is 6. The zero-order chi connectivity index (χ0) is 22.0. The highest BCUT2D eigenvalue weighted by molar-refractivity contribution is 5.90. The third-order valence-electron chi connectivity index (χ3n) is 4.36. The van der Waals surface area contributed by atoms with Crippen molar-refractivity contribution in [2.75, 3.05) is 7.11 Å². The number of benzene rings is 1. The predicted octanol–water partition coefficient (Wildman–Crippen LogP) is 5.04. The minimum atomic E-state index is -0.743. The van der Waals surface area contributed by atoms with Gasteiger partial charge in [-0.15, -0.1) is 0 Å². The van der Waals surface area contributed by atoms with Crippen LogP contribution in [0.25, 0.3) is 22.8 Å². The largest absolute Gasteiger partial charge is 0.502 e. The Morgan fingerprint density at radius 2 is 1.94 bits per heavy atom. The number of aliphatic imine (C=N–C) groups is 1. The van der Waals surface area contributed by atoms with Gasteiger partial charge in [-0.3, -0.25) is 10.1 Å². The third kappa shape index (κ3) is 3.51. The lowest BCUT2D eigenvalue weighted by Gasteiger charge is -2.04. The Balaban J connectivity index is 1.86. The third-order valence-corrected chi connectivity index (χ3v) is 4.36. The van der Waals surface area contributed by atoms with E-state index in [-0.39, 0.29) is 28.5 Å². The van der Waals surface area contributed by atoms with Gasteiger partial charge in [-0.1, -0.05) is 0 Å². The fourth-order valence-corrected chi connectivity index (χ4v) is 2.95. The maximum Gasteiger partial charge on any atom is 0.315 e. The average Bonchev–Trinajstić information content (AvgIpc) is 3.52. The Morgan fingerprint density at radius 1 is 1.23 bits per heavy atom. The van der Waals surface area contributed by atoms with Crippen LogP contribution >= 0.6 is 0 Å². The second kappa shape index (κ2) is 7.92. The van der Waals surface area contributed by atoms with E-state index in [4.69, 9.17) is 18.0 Å². The van der Waals surface area contributed by atoms with E-state index in [2.05, 4.69) is 4.99 Å². The Hall–Kier alpha value is -4.78. The van der Waals surface area contributed by atoms with Gasteiger partial charge < -0.3 is 23.1 Å². The molecule has 0 aliphatic rings. The number of furan rings is 3. The van der Waals surface area contributed by atoms with Crippen LogP contribution in [0.2, 0.25) is 0 Å². The van der Waals surface area contributed by atoms with Crippen molar-refractivity contribution in [3.8, 4) is 40.4 Å². The van der Waals surface area contributed by atoms with Crippen LogP contribution in [0.4, 0.5) is 11.6 Å². The number of hydrogen-bond acceptors (Lipinski definition) is 9. The Bertz CT molecular complexity index is 1310. The first-order chi connectivity index (χ1) is 15.0. The van der Waals surface area contributed by atoms with E-state index in [1.54, 1.807) is 24.3 Å². The van der Waals surface area contributed by atoms with Crippen LogP contribution in [0.3, 0.4) is 0 Å². The number of methoxy groups -OCH3 is 1. The van der Waals surface area contributed by atoms with Crippen molar-refractivity contribution in [2.45, 2.75) is 0 Å². The van der Waals surface area contributed by atoms with Crippen LogP contribution < -0.4 is 4.74 Å². The molecule has 0 bridgehead atoms. The molecule has 0 saturated heterocycles. The molecule has 0 spiro atoms. The molecule has 31 heavy (non-hydrogen) atoms. The van der Waals surface area contributed by atoms with Crippen LogP contribution in [-0.2, 0) is 0 Å². The summed E-state index contributed by atoms with van der Waals surface area (Å²) in [4.78, 5) is 14.6. The number of phenolic OH excluding ortho intramolecular Hbond substituents is 1. The number of nitro benzene ring substituents is 1. The Morgan fingerprint density at radius 3 is 2.52 bits per heavy atom. The molecule has 154 valence electrons. The molecule has 0 aliphatic heterocycles. The summed E-state index contributed by atoms with van der Waals surface area (Å²) < 4.78 is 21.7. The lowest BCUT2D eigenvalue weighted by atomic mass is 10.1. The fraction of sp³-hybridized carbons (Fsp3) is 0.0476. The highest BCUT2D eigenvalue weighted by Crippen LogP contribution is 2.43. The summed E-state index contributed by atoms with van der Waals surface area (Å²) in [5.41, 5.74) is -0.135. The molecule has 10 heteroatoms. The number of ether oxygens (including phenoxy) is 1. The number of aromatic hydroxyl groups is 1. The zero-order valence-electron chi connectivity index (χ0n) is 15.9. The maximum absolute atomic E-state index is 11.2. The van der Waals surface area contributed by atoms with E-state index >= 15 is 0 Å². The van der Waals surface area contributed by atoms with Gasteiger partial charge in [-0.25, -0.2) is 4.99 Å². The van der Waals surface area contributed by atoms with Gasteiger partial charge in [0.15, 0.2) is 11.5 Å². The number of phenols is 1. The van der Waals surface area contributed by atoms with Crippen molar-refractivity contribution in [1.29, 1.82) is 5.26 Å². The quantitative estimate of drug-likeness (QED) is 0.259. The number of nitro groups is 1. The standard InChI is InChI=1S/C21H13N3O7/c1-28-13-8-12(19(25)15(9-13)24(26)27)11-23-21-14(10-22)18(16-4-2-6-29-16)20(31-21)17-5-3-7-30-17/h2-9,11,25H,1H3. The summed E-state index contributed by atoms with van der Waals surface area (Å²) in [5.74, 6) is 0.405. The highest BCUT2D eigenvalue weighted by atomic mass is 16.6. The van der Waals surface area contributed by atoms with Gasteiger partial charge in [0.05, 0.1) is 36.2 Å². The van der Waals surface area contributed by atoms with Crippen molar-refractivity contribution >= 4 is 17.8 Å². The SMILES string of the molecule is COc1cc(C=Nc2oc(-c3ccco3)c(-c3ccco3)c2C#N)c(O)c([N+](=O)[O-])c1. The molecule has 0 atom stereocenters. The lowest BCUT2D eigenvalue weighted by Crippen LogP contribution is -1.94. The normalized spacial score (nSPS) is 11.0. The molecular weight excluding hydrogens is 406 g/mol. The Kier molecular flexibility index (Phi) is 4.99. The topological polar surface area (TPSA) is 148 Å². The van der Waals surface area contributed by atoms with Gasteiger partial charge in [0.25, 0.3) is 0 Å². The minimum Gasteiger partial charge on any atom is -0.502 e. The highest BCUT2D eigenvalue weighted by Gasteiger charge is 2.26. The van der Waals surface area contributed by atoms with Gasteiger partial charge in [0.2, 0.25) is 11.6 Å². The molecule has 3 heterocycles. The molecule has 4 aromatic rings. The molecule has 0 saturated carbocycles. The van der Waals surface area contributed by atoms with E-state index in [1.807, 2.05) is 6.07 Å². The Labute approximate surface area is 174 Å². The first-order valence-electron chi connectivity index (χ1n) is 8.77. The summed E-state index contributed by atoms with van der Waals surface area (Å²) in [6, 6.07) is 11.1. The van der Waals surface area contributed by atoms with E-state index < -0.39 is 16.4 Å². The molecule has 0 unspecified atom stereocenters. The molecule has 1 aromatic carbocycles. The molecule has 0 radical (unpaired) electrons. The lowest BCUT2D eigenvalue weighted by molar-refractivity contribution is -0.385. The van der Waals surface area contributed by atoms with Crippen molar-refractivity contribution in [2.24, 2.45) is 4.99 Å². The summed E-state index contributed by atoms with van der Waals surface area (Å²) in [7, 11) is 1.34. The van der Waals surface area contributed by atoms with Crippen molar-refractivity contribution in [3.63, 3.8) is 0 Å². The fourth-order valence-electron chi connectivity index (χ4n) is 2.95. The van der Waals surface area contributed by atoms with Gasteiger partial charge in [-0.2, -0.15) is 5.26 Å². The van der Waals surface area contributed by atoms with Crippen molar-refractivity contribution in [3.05, 3.63) is 70.2 Å². The van der Waals surface area contributed by atoms with E-state index in [0.29, 0.717) is 17.1 Å². The van der Waals surface area contributed by atoms with Crippen LogP contribution in [0.15, 0.2) is 67.2 Å². The second-order valence-electron chi connectivity index (χ2n) is 6.15. The summed E-state index contributed by atoms with van der Waals surface area (Å²) in [5, 5.41) is 31.2. The van der Waals surface area contributed by atoms with Crippen LogP contribution in [0.1, 0.15) is 11.1 Å². The number of nitrogens with zero attached hydrogens (tertiary/aromatic N) is 3. The van der Waals surface area contributed by atoms with Gasteiger partial charge in [-0.05, 0) is 30.3 Å². The summed E-state index contributed by atoms with van der Waals surface area (Å²) >= 11 is 0. The molecular formula is C21H13N3O7. The first kappa shape index (κ1) is 19.5. The molecule has 3 aromatic heterocycles. The van der Waals surface area contributed by atoms with Crippen molar-refractivity contribution < 1.29 is 28.0 Å². The number of nitriles is 1. The van der Waals surface area contributed by atoms with Gasteiger partial charge in [0.1, 0.15) is 23.1 Å². The second-order valence-corrected chi connectivity index (χ2v) is 6.15. The van der Waals surface area contributed by atoms with Gasteiger partial charge >= 0.3 is 5.69 Å². The number of hydrogen-bond donors (Lipinski definition) is 1. The molecule has 0 aliphatic carbocycles. The maximum atomic E-state index is 11.2. The van der Waals surface area contributed by atoms with Crippen LogP contribution in [0, 0.1) is 21.4 Å². The molecule has 10 nitrogen and oxygen atoms in total. The predicted molar refractivity (Wildman–Crippen MR) is 107 cm³/mol. The molecule has 1 N–H and O–H groups in total. The molecule has 4 rings (SSSR count). The summed E-state index contributed by atoms with van der Waals surface area (Å²) in [6.45, 7) is 0. The van der Waals surface area contributed by atoms with Crippen molar-refractivity contribution in [1.82, 2.24) is 0 Å². The summed E-state index contributed by atoms with van der Waals surface area (Å²) in [6.07, 6.45) is 4.04. The van der Waals surface area contributed by atoms with Crippen LogP contribution in [0.5, 0.6) is 11.5 Å². The monoisotopic (exact) mass is 419 g/mol. The van der Waals surface area contributed by atoms with E-state index in [0.717, 1.165) is 12.3 Å². The van der Waals surface area contributed by atoms with E-state index in [9.17, 15) is 20.5 Å². The van der Waals surface area contributed by atoms with Gasteiger partial charge in [0, 0.05) is 11.8 Å².